The fourth-order valence-corrected chi connectivity index (χ4v) is 1.52. The minimum absolute atomic E-state index is 0.0640. The fraction of sp³-hybridized carbons (Fsp3) is 0.727. The van der Waals surface area contributed by atoms with Gasteiger partial charge in [0.15, 0.2) is 0 Å². The van der Waals surface area contributed by atoms with Crippen LogP contribution in [0.5, 0.6) is 0 Å². The second-order valence-corrected chi connectivity index (χ2v) is 3.79. The molecule has 0 amide bonds. The Morgan fingerprint density at radius 2 is 2.25 bits per heavy atom. The van der Waals surface area contributed by atoms with Gasteiger partial charge >= 0.3 is 0 Å². The van der Waals surface area contributed by atoms with E-state index in [0.29, 0.717) is 19.8 Å². The molecule has 2 N–H and O–H groups in total. The SMILES string of the molecule is CCOCCOC(c1cnn(C)c1)C(C)N. The third-order valence-electron chi connectivity index (χ3n) is 2.26. The standard InChI is InChI=1S/C11H21N3O2/c1-4-15-5-6-16-11(9(2)12)10-7-13-14(3)8-10/h7-9,11H,4-6,12H2,1-3H3. The molecule has 0 radical (unpaired) electrons. The van der Waals surface area contributed by atoms with Crippen LogP contribution in [0.3, 0.4) is 0 Å². The predicted octanol–water partition coefficient (Wildman–Crippen LogP) is 0.862. The van der Waals surface area contributed by atoms with Crippen LogP contribution in [0.25, 0.3) is 0 Å². The highest BCUT2D eigenvalue weighted by Crippen LogP contribution is 2.19. The van der Waals surface area contributed by atoms with E-state index in [2.05, 4.69) is 5.10 Å². The first-order valence-corrected chi connectivity index (χ1v) is 5.58. The lowest BCUT2D eigenvalue weighted by atomic mass is 10.1. The molecule has 0 saturated carbocycles. The molecule has 0 aliphatic rings. The van der Waals surface area contributed by atoms with E-state index in [9.17, 15) is 0 Å². The van der Waals surface area contributed by atoms with Crippen LogP contribution in [0.15, 0.2) is 12.4 Å². The van der Waals surface area contributed by atoms with Crippen LogP contribution >= 0.6 is 0 Å². The van der Waals surface area contributed by atoms with Gasteiger partial charge in [-0.15, -0.1) is 0 Å². The summed E-state index contributed by atoms with van der Waals surface area (Å²) in [4.78, 5) is 0. The first kappa shape index (κ1) is 13.2. The van der Waals surface area contributed by atoms with Gasteiger partial charge in [0.2, 0.25) is 0 Å². The molecule has 0 bridgehead atoms. The summed E-state index contributed by atoms with van der Waals surface area (Å²) in [6.07, 6.45) is 3.60. The third kappa shape index (κ3) is 3.92. The zero-order valence-electron chi connectivity index (χ0n) is 10.2. The van der Waals surface area contributed by atoms with Crippen LogP contribution in [-0.4, -0.2) is 35.6 Å². The van der Waals surface area contributed by atoms with E-state index in [1.54, 1.807) is 10.9 Å². The Hall–Kier alpha value is -0.910. The molecule has 92 valence electrons. The van der Waals surface area contributed by atoms with E-state index in [-0.39, 0.29) is 12.1 Å². The molecule has 2 unspecified atom stereocenters. The Morgan fingerprint density at radius 3 is 2.75 bits per heavy atom. The average Bonchev–Trinajstić information content (AvgIpc) is 2.64. The van der Waals surface area contributed by atoms with E-state index >= 15 is 0 Å². The van der Waals surface area contributed by atoms with E-state index in [4.69, 9.17) is 15.2 Å². The van der Waals surface area contributed by atoms with Crippen LogP contribution in [0, 0.1) is 0 Å². The summed E-state index contributed by atoms with van der Waals surface area (Å²) >= 11 is 0. The number of nitrogens with two attached hydrogens (primary N) is 1. The van der Waals surface area contributed by atoms with E-state index in [0.717, 1.165) is 5.56 Å². The van der Waals surface area contributed by atoms with E-state index < -0.39 is 0 Å². The number of nitrogens with zero attached hydrogens (tertiary/aromatic N) is 2. The highest BCUT2D eigenvalue weighted by molar-refractivity contribution is 5.10. The van der Waals surface area contributed by atoms with Crippen LogP contribution < -0.4 is 5.73 Å². The molecule has 0 aromatic carbocycles. The quantitative estimate of drug-likeness (QED) is 0.702. The molecule has 1 heterocycles. The number of aromatic nitrogens is 2. The smallest absolute Gasteiger partial charge is 0.100 e. The van der Waals surface area contributed by atoms with Gasteiger partial charge in [-0.05, 0) is 13.8 Å². The lowest BCUT2D eigenvalue weighted by Crippen LogP contribution is -2.27. The summed E-state index contributed by atoms with van der Waals surface area (Å²) in [7, 11) is 1.88. The lowest BCUT2D eigenvalue weighted by Gasteiger charge is -2.20. The van der Waals surface area contributed by atoms with Gasteiger partial charge < -0.3 is 15.2 Å². The van der Waals surface area contributed by atoms with Crippen LogP contribution in [0.1, 0.15) is 25.5 Å². The highest BCUT2D eigenvalue weighted by Gasteiger charge is 2.18. The van der Waals surface area contributed by atoms with Crippen LogP contribution in [-0.2, 0) is 16.5 Å². The Labute approximate surface area is 96.5 Å². The fourth-order valence-electron chi connectivity index (χ4n) is 1.52. The van der Waals surface area contributed by atoms with Crippen molar-refractivity contribution in [2.75, 3.05) is 19.8 Å². The minimum Gasteiger partial charge on any atom is -0.379 e. The summed E-state index contributed by atoms with van der Waals surface area (Å²) in [6.45, 7) is 5.75. The topological polar surface area (TPSA) is 62.3 Å². The molecule has 16 heavy (non-hydrogen) atoms. The van der Waals surface area contributed by atoms with Crippen molar-refractivity contribution in [1.82, 2.24) is 9.78 Å². The van der Waals surface area contributed by atoms with Crippen molar-refractivity contribution in [3.8, 4) is 0 Å². The summed E-state index contributed by atoms with van der Waals surface area (Å²) in [5, 5.41) is 4.11. The van der Waals surface area contributed by atoms with Gasteiger partial charge in [-0.2, -0.15) is 5.10 Å². The molecule has 5 heteroatoms. The van der Waals surface area contributed by atoms with Crippen LogP contribution in [0.2, 0.25) is 0 Å². The van der Waals surface area contributed by atoms with E-state index in [1.165, 1.54) is 0 Å². The van der Waals surface area contributed by atoms with Crippen molar-refractivity contribution in [1.29, 1.82) is 0 Å². The maximum Gasteiger partial charge on any atom is 0.100 e. The molecule has 0 aliphatic heterocycles. The predicted molar refractivity (Wildman–Crippen MR) is 62.0 cm³/mol. The van der Waals surface area contributed by atoms with Gasteiger partial charge in [0.1, 0.15) is 6.10 Å². The van der Waals surface area contributed by atoms with Crippen molar-refractivity contribution in [3.63, 3.8) is 0 Å². The second-order valence-electron chi connectivity index (χ2n) is 3.79. The zero-order valence-corrected chi connectivity index (χ0v) is 10.2. The van der Waals surface area contributed by atoms with Crippen LogP contribution in [0.4, 0.5) is 0 Å². The van der Waals surface area contributed by atoms with Gasteiger partial charge in [0.25, 0.3) is 0 Å². The molecular formula is C11H21N3O2. The molecule has 1 rings (SSSR count). The van der Waals surface area contributed by atoms with Crippen molar-refractivity contribution in [2.45, 2.75) is 26.0 Å². The molecule has 5 nitrogen and oxygen atoms in total. The third-order valence-corrected chi connectivity index (χ3v) is 2.26. The zero-order chi connectivity index (χ0) is 12.0. The second kappa shape index (κ2) is 6.62. The van der Waals surface area contributed by atoms with Crippen molar-refractivity contribution >= 4 is 0 Å². The van der Waals surface area contributed by atoms with Gasteiger partial charge in [0, 0.05) is 31.5 Å². The summed E-state index contributed by atoms with van der Waals surface area (Å²) < 4.78 is 12.7. The largest absolute Gasteiger partial charge is 0.379 e. The number of hydrogen-bond acceptors (Lipinski definition) is 4. The van der Waals surface area contributed by atoms with Gasteiger partial charge in [-0.3, -0.25) is 4.68 Å². The van der Waals surface area contributed by atoms with Crippen molar-refractivity contribution in [3.05, 3.63) is 18.0 Å². The average molecular weight is 227 g/mol. The van der Waals surface area contributed by atoms with Gasteiger partial charge in [-0.25, -0.2) is 0 Å². The molecule has 1 aromatic rings. The van der Waals surface area contributed by atoms with E-state index in [1.807, 2.05) is 27.1 Å². The van der Waals surface area contributed by atoms with Gasteiger partial charge in [-0.1, -0.05) is 0 Å². The molecule has 0 saturated heterocycles. The number of aryl methyl sites for hydroxylation is 1. The Balaban J connectivity index is 2.48. The van der Waals surface area contributed by atoms with Gasteiger partial charge in [0.05, 0.1) is 19.4 Å². The monoisotopic (exact) mass is 227 g/mol. The molecule has 0 fully saturated rings. The molecule has 1 aromatic heterocycles. The number of ether oxygens (including phenoxy) is 2. The Morgan fingerprint density at radius 1 is 1.50 bits per heavy atom. The van der Waals surface area contributed by atoms with Crippen molar-refractivity contribution < 1.29 is 9.47 Å². The first-order valence-electron chi connectivity index (χ1n) is 5.58. The number of hydrogen-bond donors (Lipinski definition) is 1. The minimum atomic E-state index is -0.117. The molecule has 0 spiro atoms. The normalized spacial score (nSPS) is 15.0. The highest BCUT2D eigenvalue weighted by atomic mass is 16.5. The maximum absolute atomic E-state index is 5.89. The van der Waals surface area contributed by atoms with Crippen molar-refractivity contribution in [2.24, 2.45) is 12.8 Å². The summed E-state index contributed by atoms with van der Waals surface area (Å²) in [5.74, 6) is 0. The summed E-state index contributed by atoms with van der Waals surface area (Å²) in [5.41, 5.74) is 6.90. The first-order chi connectivity index (χ1) is 7.65. The number of rotatable bonds is 7. The molecule has 0 aliphatic carbocycles. The molecular weight excluding hydrogens is 206 g/mol. The lowest BCUT2D eigenvalue weighted by molar-refractivity contribution is -0.00245. The Kier molecular flexibility index (Phi) is 5.45. The Bertz CT molecular complexity index is 299. The summed E-state index contributed by atoms with van der Waals surface area (Å²) in [6, 6.07) is -0.0640. The maximum atomic E-state index is 5.89. The molecule has 2 atom stereocenters.